The van der Waals surface area contributed by atoms with E-state index in [2.05, 4.69) is 20.5 Å². The highest BCUT2D eigenvalue weighted by Crippen LogP contribution is 2.37. The number of hydrogen-bond donors (Lipinski definition) is 2. The number of nitrogens with zero attached hydrogens (tertiary/aromatic N) is 2. The number of hydrogen-bond acceptors (Lipinski definition) is 8. The SMILES string of the molecule is CCOC(=O)c1c(-c2ccc(C)o2)csc1NC(=O)CSc1n[nH]c(CC)n1. The molecule has 3 heterocycles. The lowest BCUT2D eigenvalue weighted by Gasteiger charge is -2.07. The minimum absolute atomic E-state index is 0.121. The van der Waals surface area contributed by atoms with Gasteiger partial charge in [0, 0.05) is 17.4 Å². The Hall–Kier alpha value is -2.59. The normalized spacial score (nSPS) is 10.8. The van der Waals surface area contributed by atoms with Crippen LogP contribution >= 0.6 is 23.1 Å². The van der Waals surface area contributed by atoms with E-state index >= 15 is 0 Å². The highest BCUT2D eigenvalue weighted by atomic mass is 32.2. The number of H-pyrrole nitrogens is 1. The lowest BCUT2D eigenvalue weighted by Crippen LogP contribution is -2.16. The van der Waals surface area contributed by atoms with Crippen molar-refractivity contribution in [3.05, 3.63) is 34.7 Å². The Morgan fingerprint density at radius 2 is 2.18 bits per heavy atom. The summed E-state index contributed by atoms with van der Waals surface area (Å²) in [4.78, 5) is 29.1. The fourth-order valence-electron chi connectivity index (χ4n) is 2.41. The molecule has 0 atom stereocenters. The van der Waals surface area contributed by atoms with Crippen molar-refractivity contribution >= 4 is 40.0 Å². The molecule has 2 N–H and O–H groups in total. The van der Waals surface area contributed by atoms with Crippen LogP contribution in [-0.2, 0) is 16.0 Å². The van der Waals surface area contributed by atoms with Crippen molar-refractivity contribution in [2.45, 2.75) is 32.3 Å². The van der Waals surface area contributed by atoms with E-state index in [9.17, 15) is 9.59 Å². The number of aromatic nitrogens is 3. The summed E-state index contributed by atoms with van der Waals surface area (Å²) in [7, 11) is 0. The summed E-state index contributed by atoms with van der Waals surface area (Å²) >= 11 is 2.47. The number of esters is 1. The molecule has 10 heteroatoms. The highest BCUT2D eigenvalue weighted by Gasteiger charge is 2.24. The van der Waals surface area contributed by atoms with Gasteiger partial charge in [-0.05, 0) is 26.0 Å². The number of carbonyl (C=O) groups is 2. The number of anilines is 1. The van der Waals surface area contributed by atoms with Crippen LogP contribution in [0.5, 0.6) is 0 Å². The molecule has 3 aromatic heterocycles. The zero-order chi connectivity index (χ0) is 20.1. The number of aryl methyl sites for hydroxylation is 2. The molecule has 148 valence electrons. The number of thiophene rings is 1. The molecule has 0 aliphatic rings. The molecular weight excluding hydrogens is 400 g/mol. The molecule has 0 unspecified atom stereocenters. The Kier molecular flexibility index (Phi) is 6.53. The summed E-state index contributed by atoms with van der Waals surface area (Å²) < 4.78 is 10.8. The first-order chi connectivity index (χ1) is 13.5. The fraction of sp³-hybridized carbons (Fsp3) is 0.333. The molecule has 28 heavy (non-hydrogen) atoms. The van der Waals surface area contributed by atoms with Gasteiger partial charge in [0.05, 0.1) is 12.4 Å². The molecule has 8 nitrogen and oxygen atoms in total. The van der Waals surface area contributed by atoms with E-state index in [0.29, 0.717) is 27.0 Å². The molecule has 0 aliphatic heterocycles. The molecule has 0 fully saturated rings. The molecular formula is C18H20N4O4S2. The van der Waals surface area contributed by atoms with Crippen LogP contribution in [0, 0.1) is 6.92 Å². The topological polar surface area (TPSA) is 110 Å². The molecule has 3 rings (SSSR count). The second kappa shape index (κ2) is 9.07. The molecule has 0 aromatic carbocycles. The zero-order valence-electron chi connectivity index (χ0n) is 15.7. The Morgan fingerprint density at radius 1 is 1.36 bits per heavy atom. The molecule has 0 saturated heterocycles. The van der Waals surface area contributed by atoms with Crippen molar-refractivity contribution in [3.8, 4) is 11.3 Å². The van der Waals surface area contributed by atoms with Gasteiger partial charge in [-0.1, -0.05) is 18.7 Å². The Morgan fingerprint density at radius 3 is 2.82 bits per heavy atom. The summed E-state index contributed by atoms with van der Waals surface area (Å²) in [6.45, 7) is 5.76. The largest absolute Gasteiger partial charge is 0.462 e. The highest BCUT2D eigenvalue weighted by molar-refractivity contribution is 7.99. The Balaban J connectivity index is 1.75. The second-order valence-electron chi connectivity index (χ2n) is 5.74. The van der Waals surface area contributed by atoms with Crippen LogP contribution in [0.15, 0.2) is 27.1 Å². The monoisotopic (exact) mass is 420 g/mol. The van der Waals surface area contributed by atoms with E-state index in [1.807, 2.05) is 19.9 Å². The number of ether oxygens (including phenoxy) is 1. The standard InChI is InChI=1S/C18H20N4O4S2/c1-4-13-19-18(22-21-13)28-9-14(23)20-16-15(17(24)25-5-2)11(8-27-16)12-7-6-10(3)26-12/h6-8H,4-5,9H2,1-3H3,(H,20,23)(H,19,21,22). The minimum atomic E-state index is -0.502. The van der Waals surface area contributed by atoms with Crippen LogP contribution < -0.4 is 5.32 Å². The Labute approximate surface area is 170 Å². The van der Waals surface area contributed by atoms with Crippen LogP contribution in [0.25, 0.3) is 11.3 Å². The van der Waals surface area contributed by atoms with Crippen LogP contribution in [0.1, 0.15) is 35.8 Å². The predicted molar refractivity (Wildman–Crippen MR) is 108 cm³/mol. The molecule has 1 amide bonds. The summed E-state index contributed by atoms with van der Waals surface area (Å²) in [5.74, 6) is 1.41. The van der Waals surface area contributed by atoms with E-state index < -0.39 is 5.97 Å². The van der Waals surface area contributed by atoms with Gasteiger partial charge in [-0.2, -0.15) is 0 Å². The zero-order valence-corrected chi connectivity index (χ0v) is 17.3. The third-order valence-corrected chi connectivity index (χ3v) is 5.45. The van der Waals surface area contributed by atoms with Crippen LogP contribution in [0.3, 0.4) is 0 Å². The average molecular weight is 421 g/mol. The van der Waals surface area contributed by atoms with E-state index in [1.165, 1.54) is 23.1 Å². The smallest absolute Gasteiger partial charge is 0.341 e. The lowest BCUT2D eigenvalue weighted by molar-refractivity contribution is -0.113. The number of thioether (sulfide) groups is 1. The maximum absolute atomic E-state index is 12.5. The van der Waals surface area contributed by atoms with E-state index in [4.69, 9.17) is 9.15 Å². The number of carbonyl (C=O) groups excluding carboxylic acids is 2. The van der Waals surface area contributed by atoms with Gasteiger partial charge in [-0.15, -0.1) is 16.4 Å². The van der Waals surface area contributed by atoms with Gasteiger partial charge in [-0.3, -0.25) is 9.89 Å². The van der Waals surface area contributed by atoms with Crippen molar-refractivity contribution in [2.75, 3.05) is 17.7 Å². The lowest BCUT2D eigenvalue weighted by atomic mass is 10.1. The molecule has 0 spiro atoms. The first-order valence-electron chi connectivity index (χ1n) is 8.71. The van der Waals surface area contributed by atoms with Crippen molar-refractivity contribution < 1.29 is 18.7 Å². The van der Waals surface area contributed by atoms with Gasteiger partial charge in [-0.25, -0.2) is 9.78 Å². The number of rotatable bonds is 8. The predicted octanol–water partition coefficient (Wildman–Crippen LogP) is 3.90. The van der Waals surface area contributed by atoms with Gasteiger partial charge in [0.15, 0.2) is 0 Å². The number of nitrogens with one attached hydrogen (secondary N) is 2. The first kappa shape index (κ1) is 20.2. The average Bonchev–Trinajstić information content (AvgIpc) is 3.39. The molecule has 0 saturated carbocycles. The summed E-state index contributed by atoms with van der Waals surface area (Å²) in [6, 6.07) is 3.61. The van der Waals surface area contributed by atoms with Crippen LogP contribution in [0.2, 0.25) is 0 Å². The maximum Gasteiger partial charge on any atom is 0.341 e. The van der Waals surface area contributed by atoms with Gasteiger partial charge >= 0.3 is 5.97 Å². The van der Waals surface area contributed by atoms with Gasteiger partial charge in [0.2, 0.25) is 11.1 Å². The molecule has 3 aromatic rings. The van der Waals surface area contributed by atoms with Gasteiger partial charge in [0.1, 0.15) is 27.9 Å². The maximum atomic E-state index is 12.5. The van der Waals surface area contributed by atoms with Crippen LogP contribution in [-0.4, -0.2) is 39.4 Å². The molecule has 0 radical (unpaired) electrons. The molecule has 0 bridgehead atoms. The number of amides is 1. The minimum Gasteiger partial charge on any atom is -0.462 e. The van der Waals surface area contributed by atoms with Crippen molar-refractivity contribution in [1.29, 1.82) is 0 Å². The third-order valence-electron chi connectivity index (χ3n) is 3.71. The first-order valence-corrected chi connectivity index (χ1v) is 10.6. The summed E-state index contributed by atoms with van der Waals surface area (Å²) in [5.41, 5.74) is 0.895. The van der Waals surface area contributed by atoms with E-state index in [0.717, 1.165) is 18.0 Å². The van der Waals surface area contributed by atoms with Gasteiger partial charge < -0.3 is 14.5 Å². The van der Waals surface area contributed by atoms with E-state index in [-0.39, 0.29) is 18.3 Å². The fourth-order valence-corrected chi connectivity index (χ4v) is 3.98. The quantitative estimate of drug-likeness (QED) is 0.420. The van der Waals surface area contributed by atoms with Crippen LogP contribution in [0.4, 0.5) is 5.00 Å². The summed E-state index contributed by atoms with van der Waals surface area (Å²) in [6.07, 6.45) is 0.743. The second-order valence-corrected chi connectivity index (χ2v) is 7.56. The van der Waals surface area contributed by atoms with Crippen molar-refractivity contribution in [3.63, 3.8) is 0 Å². The summed E-state index contributed by atoms with van der Waals surface area (Å²) in [5, 5.41) is 12.4. The van der Waals surface area contributed by atoms with Crippen molar-refractivity contribution in [2.24, 2.45) is 0 Å². The van der Waals surface area contributed by atoms with E-state index in [1.54, 1.807) is 18.4 Å². The Bertz CT molecular complexity index is 976. The third kappa shape index (κ3) is 4.63. The molecule has 0 aliphatic carbocycles. The van der Waals surface area contributed by atoms with Crippen molar-refractivity contribution in [1.82, 2.24) is 15.2 Å². The van der Waals surface area contributed by atoms with Gasteiger partial charge in [0.25, 0.3) is 0 Å². The number of aromatic amines is 1. The number of furan rings is 1.